The number of amides is 2. The van der Waals surface area contributed by atoms with Crippen molar-refractivity contribution in [3.8, 4) is 0 Å². The number of fused-ring (bicyclic) bond motifs is 1. The first-order valence-corrected chi connectivity index (χ1v) is 7.61. The van der Waals surface area contributed by atoms with E-state index in [2.05, 4.69) is 0 Å². The molecule has 0 radical (unpaired) electrons. The molecule has 1 aliphatic heterocycles. The lowest BCUT2D eigenvalue weighted by Gasteiger charge is -2.14. The Bertz CT molecular complexity index is 749. The number of sulfonamides is 1. The maximum atomic E-state index is 13.0. The average Bonchev–Trinajstić information content (AvgIpc) is 2.70. The van der Waals surface area contributed by atoms with E-state index in [4.69, 9.17) is 5.73 Å². The zero-order valence-corrected chi connectivity index (χ0v) is 12.3. The first kappa shape index (κ1) is 16.5. The molecule has 0 saturated heterocycles. The van der Waals surface area contributed by atoms with Crippen LogP contribution in [0.1, 0.15) is 20.7 Å². The fraction of sp³-hybridized carbons (Fsp3) is 0.333. The molecular formula is C12H13F2N3O4S. The van der Waals surface area contributed by atoms with Crippen molar-refractivity contribution < 1.29 is 26.8 Å². The average molecular weight is 333 g/mol. The zero-order valence-electron chi connectivity index (χ0n) is 11.5. The monoisotopic (exact) mass is 333 g/mol. The number of carbonyl (C=O) groups excluding carboxylic acids is 2. The lowest BCUT2D eigenvalue weighted by atomic mass is 10.1. The van der Waals surface area contributed by atoms with Crippen molar-refractivity contribution >= 4 is 21.8 Å². The van der Waals surface area contributed by atoms with Crippen LogP contribution in [0.4, 0.5) is 8.78 Å². The Kier molecular flexibility index (Phi) is 4.02. The summed E-state index contributed by atoms with van der Waals surface area (Å²) in [7, 11) is -2.99. The Morgan fingerprint density at radius 3 is 2.41 bits per heavy atom. The van der Waals surface area contributed by atoms with Crippen LogP contribution in [0, 0.1) is 0 Å². The Morgan fingerprint density at radius 2 is 1.82 bits per heavy atom. The molecule has 0 aliphatic carbocycles. The molecule has 0 spiro atoms. The standard InChI is InChI=1S/C12H13F2N3O4S/c1-17-10(18)8-3-2-7(4-9(8)11(17)19)22(20,21)16-6-12(13,14)5-15/h2-4,16H,5-6,15H2,1H3. The van der Waals surface area contributed by atoms with E-state index in [1.54, 1.807) is 4.72 Å². The number of hydrogen-bond donors (Lipinski definition) is 2. The van der Waals surface area contributed by atoms with Crippen LogP contribution in [-0.2, 0) is 10.0 Å². The van der Waals surface area contributed by atoms with Crippen molar-refractivity contribution in [1.29, 1.82) is 0 Å². The molecule has 2 rings (SSSR count). The minimum Gasteiger partial charge on any atom is -0.325 e. The summed E-state index contributed by atoms with van der Waals surface area (Å²) in [6, 6.07) is 3.24. The van der Waals surface area contributed by atoms with Crippen LogP contribution in [0.3, 0.4) is 0 Å². The highest BCUT2D eigenvalue weighted by atomic mass is 32.2. The molecule has 10 heteroatoms. The third-order valence-corrected chi connectivity index (χ3v) is 4.59. The molecule has 22 heavy (non-hydrogen) atoms. The van der Waals surface area contributed by atoms with Gasteiger partial charge in [-0.2, -0.15) is 0 Å². The Labute approximate surface area is 125 Å². The fourth-order valence-electron chi connectivity index (χ4n) is 1.86. The van der Waals surface area contributed by atoms with Crippen molar-refractivity contribution in [2.24, 2.45) is 5.73 Å². The highest BCUT2D eigenvalue weighted by Crippen LogP contribution is 2.24. The SMILES string of the molecule is CN1C(=O)c2ccc(S(=O)(=O)NCC(F)(F)CN)cc2C1=O. The summed E-state index contributed by atoms with van der Waals surface area (Å²) in [5.41, 5.74) is 4.81. The molecule has 1 aromatic carbocycles. The maximum absolute atomic E-state index is 13.0. The van der Waals surface area contributed by atoms with Gasteiger partial charge in [-0.1, -0.05) is 0 Å². The van der Waals surface area contributed by atoms with Gasteiger partial charge in [-0.25, -0.2) is 21.9 Å². The van der Waals surface area contributed by atoms with E-state index >= 15 is 0 Å². The second kappa shape index (κ2) is 5.38. The minimum atomic E-state index is -4.25. The predicted molar refractivity (Wildman–Crippen MR) is 72.1 cm³/mol. The smallest absolute Gasteiger partial charge is 0.273 e. The highest BCUT2D eigenvalue weighted by molar-refractivity contribution is 7.89. The first-order chi connectivity index (χ1) is 10.1. The number of nitrogens with zero attached hydrogens (tertiary/aromatic N) is 1. The van der Waals surface area contributed by atoms with Gasteiger partial charge >= 0.3 is 0 Å². The largest absolute Gasteiger partial charge is 0.325 e. The number of benzene rings is 1. The van der Waals surface area contributed by atoms with Crippen molar-refractivity contribution in [1.82, 2.24) is 9.62 Å². The van der Waals surface area contributed by atoms with E-state index in [0.29, 0.717) is 0 Å². The molecule has 7 nitrogen and oxygen atoms in total. The highest BCUT2D eigenvalue weighted by Gasteiger charge is 2.34. The first-order valence-electron chi connectivity index (χ1n) is 6.13. The Hall–Kier alpha value is -1.91. The van der Waals surface area contributed by atoms with Crippen LogP contribution in [0.15, 0.2) is 23.1 Å². The second-order valence-corrected chi connectivity index (χ2v) is 6.53. The van der Waals surface area contributed by atoms with Crippen LogP contribution in [0.25, 0.3) is 0 Å². The molecule has 1 heterocycles. The predicted octanol–water partition coefficient (Wildman–Crippen LogP) is -0.215. The normalized spacial score (nSPS) is 15.4. The van der Waals surface area contributed by atoms with Gasteiger partial charge in [0.15, 0.2) is 0 Å². The summed E-state index contributed by atoms with van der Waals surface area (Å²) in [4.78, 5) is 24.0. The maximum Gasteiger partial charge on any atom is 0.273 e. The number of nitrogens with two attached hydrogens (primary N) is 1. The van der Waals surface area contributed by atoms with E-state index in [9.17, 15) is 26.8 Å². The van der Waals surface area contributed by atoms with Crippen LogP contribution < -0.4 is 10.5 Å². The molecule has 3 N–H and O–H groups in total. The fourth-order valence-corrected chi connectivity index (χ4v) is 2.95. The number of halogens is 2. The molecule has 1 aromatic rings. The Morgan fingerprint density at radius 1 is 1.23 bits per heavy atom. The molecule has 1 aliphatic rings. The summed E-state index contributed by atoms with van der Waals surface area (Å²) in [5.74, 6) is -4.58. The molecule has 0 unspecified atom stereocenters. The van der Waals surface area contributed by atoms with Crippen molar-refractivity contribution in [3.05, 3.63) is 29.3 Å². The van der Waals surface area contributed by atoms with E-state index in [1.165, 1.54) is 13.1 Å². The molecule has 0 atom stereocenters. The summed E-state index contributed by atoms with van der Waals surface area (Å²) in [5, 5.41) is 0. The number of rotatable bonds is 5. The van der Waals surface area contributed by atoms with Gasteiger partial charge in [-0.3, -0.25) is 14.5 Å². The van der Waals surface area contributed by atoms with E-state index in [0.717, 1.165) is 17.0 Å². The minimum absolute atomic E-state index is 0.0683. The zero-order chi connectivity index (χ0) is 16.7. The van der Waals surface area contributed by atoms with E-state index < -0.39 is 40.8 Å². The molecule has 120 valence electrons. The number of alkyl halides is 2. The van der Waals surface area contributed by atoms with E-state index in [-0.39, 0.29) is 16.0 Å². The number of carbonyl (C=O) groups is 2. The van der Waals surface area contributed by atoms with E-state index in [1.807, 2.05) is 0 Å². The molecular weight excluding hydrogens is 320 g/mol. The van der Waals surface area contributed by atoms with Crippen LogP contribution >= 0.6 is 0 Å². The summed E-state index contributed by atoms with van der Waals surface area (Å²) >= 11 is 0. The third kappa shape index (κ3) is 2.85. The number of nitrogens with one attached hydrogen (secondary N) is 1. The third-order valence-electron chi connectivity index (χ3n) is 3.19. The Balaban J connectivity index is 2.31. The lowest BCUT2D eigenvalue weighted by Crippen LogP contribution is -2.41. The number of imide groups is 1. The van der Waals surface area contributed by atoms with Gasteiger partial charge in [-0.15, -0.1) is 0 Å². The van der Waals surface area contributed by atoms with Gasteiger partial charge in [0.1, 0.15) is 0 Å². The van der Waals surface area contributed by atoms with Gasteiger partial charge in [0, 0.05) is 7.05 Å². The summed E-state index contributed by atoms with van der Waals surface area (Å²) in [6.07, 6.45) is 0. The topological polar surface area (TPSA) is 110 Å². The van der Waals surface area contributed by atoms with Crippen molar-refractivity contribution in [2.45, 2.75) is 10.8 Å². The van der Waals surface area contributed by atoms with Gasteiger partial charge in [0.25, 0.3) is 17.7 Å². The van der Waals surface area contributed by atoms with Gasteiger partial charge < -0.3 is 5.73 Å². The molecule has 0 bridgehead atoms. The summed E-state index contributed by atoms with van der Waals surface area (Å²) < 4.78 is 51.7. The molecule has 2 amide bonds. The van der Waals surface area contributed by atoms with Crippen LogP contribution in [0.2, 0.25) is 0 Å². The van der Waals surface area contributed by atoms with Gasteiger partial charge in [0.05, 0.1) is 29.1 Å². The second-order valence-electron chi connectivity index (χ2n) is 4.76. The summed E-state index contributed by atoms with van der Waals surface area (Å²) in [6.45, 7) is -2.16. The van der Waals surface area contributed by atoms with Crippen molar-refractivity contribution in [2.75, 3.05) is 20.1 Å². The molecule has 0 aromatic heterocycles. The van der Waals surface area contributed by atoms with Gasteiger partial charge in [-0.05, 0) is 18.2 Å². The molecule has 0 fully saturated rings. The lowest BCUT2D eigenvalue weighted by molar-refractivity contribution is 0.0170. The van der Waals surface area contributed by atoms with Crippen molar-refractivity contribution in [3.63, 3.8) is 0 Å². The molecule has 0 saturated carbocycles. The van der Waals surface area contributed by atoms with Crippen LogP contribution in [-0.4, -0.2) is 51.2 Å². The van der Waals surface area contributed by atoms with Crippen LogP contribution in [0.5, 0.6) is 0 Å². The number of hydrogen-bond acceptors (Lipinski definition) is 5. The quantitative estimate of drug-likeness (QED) is 0.724. The van der Waals surface area contributed by atoms with Gasteiger partial charge in [0.2, 0.25) is 10.0 Å².